The van der Waals surface area contributed by atoms with E-state index in [4.69, 9.17) is 16.3 Å². The zero-order chi connectivity index (χ0) is 24.4. The number of aryl methyl sites for hydroxylation is 1. The van der Waals surface area contributed by atoms with E-state index in [1.165, 1.54) is 20.9 Å². The van der Waals surface area contributed by atoms with Crippen LogP contribution in [0.2, 0.25) is 0 Å². The molecule has 0 fully saturated rings. The number of thiophene rings is 1. The van der Waals surface area contributed by atoms with E-state index >= 15 is 0 Å². The minimum Gasteiger partial charge on any atom is -0.475 e. The van der Waals surface area contributed by atoms with Crippen molar-refractivity contribution in [3.05, 3.63) is 63.0 Å². The zero-order valence-corrected chi connectivity index (χ0v) is 21.8. The summed E-state index contributed by atoms with van der Waals surface area (Å²) < 4.78 is 20.9. The van der Waals surface area contributed by atoms with Crippen LogP contribution >= 0.6 is 11.3 Å². The summed E-state index contributed by atoms with van der Waals surface area (Å²) in [5.41, 5.74) is 11.6. The molecule has 182 valence electrons. The van der Waals surface area contributed by atoms with Gasteiger partial charge in [-0.25, -0.2) is 19.3 Å². The first-order valence-electron chi connectivity index (χ1n) is 11.6. The highest BCUT2D eigenvalue weighted by Gasteiger charge is 2.26. The lowest BCUT2D eigenvalue weighted by Crippen LogP contribution is -2.31. The maximum absolute atomic E-state index is 13.3. The first kappa shape index (κ1) is 24.7. The van der Waals surface area contributed by atoms with E-state index in [1.54, 1.807) is 28.6 Å². The lowest BCUT2D eigenvalue weighted by atomic mass is 9.89. The molecule has 3 heterocycles. The minimum absolute atomic E-state index is 0.240. The average Bonchev–Trinajstić information content (AvgIpc) is 3.12. The molecule has 0 saturated heterocycles. The van der Waals surface area contributed by atoms with Crippen molar-refractivity contribution in [2.75, 3.05) is 30.4 Å². The molecule has 34 heavy (non-hydrogen) atoms. The standard InChI is InChI=1S/C25H33N5O2S2/c1-5-19(20-9-10-21(30(27)6-2)24(26)16(20)3)22-14-18(17(4)33-22)15-29-12-13-32-25-23(34(29)31)8-7-11-28-25/h7-11,14,19H,5-6,12-13,15,26-27H2,1-4H3. The summed E-state index contributed by atoms with van der Waals surface area (Å²) in [7, 11) is -1.32. The second-order valence-electron chi connectivity index (χ2n) is 8.46. The Morgan fingerprint density at radius 2 is 2.09 bits per heavy atom. The molecule has 7 nitrogen and oxygen atoms in total. The van der Waals surface area contributed by atoms with E-state index in [0.29, 0.717) is 37.0 Å². The number of ether oxygens (including phenoxy) is 1. The molecule has 1 aliphatic rings. The summed E-state index contributed by atoms with van der Waals surface area (Å²) in [6, 6.07) is 10.1. The number of aromatic nitrogens is 1. The van der Waals surface area contributed by atoms with E-state index in [1.807, 2.05) is 23.4 Å². The van der Waals surface area contributed by atoms with Gasteiger partial charge in [-0.1, -0.05) is 13.0 Å². The van der Waals surface area contributed by atoms with Gasteiger partial charge < -0.3 is 15.5 Å². The predicted octanol–water partition coefficient (Wildman–Crippen LogP) is 4.50. The Kier molecular flexibility index (Phi) is 7.57. The molecule has 0 saturated carbocycles. The van der Waals surface area contributed by atoms with Gasteiger partial charge in [0.25, 0.3) is 0 Å². The van der Waals surface area contributed by atoms with Crippen LogP contribution in [-0.4, -0.2) is 33.2 Å². The van der Waals surface area contributed by atoms with Crippen LogP contribution in [0, 0.1) is 13.8 Å². The third kappa shape index (κ3) is 4.70. The number of nitrogens with two attached hydrogens (primary N) is 2. The van der Waals surface area contributed by atoms with E-state index in [0.717, 1.165) is 23.4 Å². The molecule has 0 bridgehead atoms. The Labute approximate surface area is 208 Å². The van der Waals surface area contributed by atoms with Crippen molar-refractivity contribution in [3.8, 4) is 5.88 Å². The van der Waals surface area contributed by atoms with Crippen molar-refractivity contribution < 1.29 is 8.95 Å². The smallest absolute Gasteiger partial charge is 0.231 e. The van der Waals surface area contributed by atoms with Gasteiger partial charge in [0.1, 0.15) is 22.5 Å². The van der Waals surface area contributed by atoms with Crippen molar-refractivity contribution in [2.45, 2.75) is 51.5 Å². The number of hydrogen-bond acceptors (Lipinski definition) is 7. The SMILES string of the molecule is CCC(c1cc(CN2CCOc3ncccc3S2=O)c(C)s1)c1ccc(N(N)CC)c(N)c1C. The highest BCUT2D eigenvalue weighted by molar-refractivity contribution is 7.82. The number of fused-ring (bicyclic) bond motifs is 1. The number of rotatable bonds is 7. The van der Waals surface area contributed by atoms with Gasteiger partial charge in [0.2, 0.25) is 5.88 Å². The molecular formula is C25H33N5O2S2. The van der Waals surface area contributed by atoms with Crippen LogP contribution in [0.4, 0.5) is 11.4 Å². The highest BCUT2D eigenvalue weighted by Crippen LogP contribution is 2.40. The Hall–Kier alpha value is -2.46. The highest BCUT2D eigenvalue weighted by atomic mass is 32.2. The second kappa shape index (κ2) is 10.4. The number of benzene rings is 1. The van der Waals surface area contributed by atoms with Crippen molar-refractivity contribution in [3.63, 3.8) is 0 Å². The fourth-order valence-electron chi connectivity index (χ4n) is 4.39. The Bertz CT molecular complexity index is 1200. The fourth-order valence-corrected chi connectivity index (χ4v) is 6.86. The Morgan fingerprint density at radius 3 is 2.82 bits per heavy atom. The molecule has 1 aliphatic heterocycles. The van der Waals surface area contributed by atoms with Crippen LogP contribution in [0.1, 0.15) is 52.6 Å². The Morgan fingerprint density at radius 1 is 1.29 bits per heavy atom. The predicted molar refractivity (Wildman–Crippen MR) is 141 cm³/mol. The Balaban J connectivity index is 1.61. The topological polar surface area (TPSA) is 97.7 Å². The third-order valence-electron chi connectivity index (χ3n) is 6.44. The lowest BCUT2D eigenvalue weighted by Gasteiger charge is -2.24. The van der Waals surface area contributed by atoms with Crippen LogP contribution in [-0.2, 0) is 17.5 Å². The summed E-state index contributed by atoms with van der Waals surface area (Å²) >= 11 is 1.81. The van der Waals surface area contributed by atoms with Gasteiger partial charge in [0, 0.05) is 41.5 Å². The molecule has 0 aliphatic carbocycles. The number of pyridine rings is 1. The fraction of sp³-hybridized carbons (Fsp3) is 0.400. The van der Waals surface area contributed by atoms with Crippen LogP contribution < -0.4 is 21.3 Å². The molecule has 2 aromatic heterocycles. The quantitative estimate of drug-likeness (QED) is 0.282. The maximum atomic E-state index is 13.3. The molecule has 2 atom stereocenters. The third-order valence-corrected chi connectivity index (χ3v) is 9.11. The van der Waals surface area contributed by atoms with Crippen LogP contribution in [0.15, 0.2) is 41.4 Å². The molecule has 9 heteroatoms. The van der Waals surface area contributed by atoms with Gasteiger partial charge in [-0.2, -0.15) is 0 Å². The summed E-state index contributed by atoms with van der Waals surface area (Å²) in [5.74, 6) is 6.82. The van der Waals surface area contributed by atoms with E-state index in [-0.39, 0.29) is 5.92 Å². The maximum Gasteiger partial charge on any atom is 0.231 e. The summed E-state index contributed by atoms with van der Waals surface area (Å²) in [4.78, 5) is 7.40. The van der Waals surface area contributed by atoms with Gasteiger partial charge >= 0.3 is 0 Å². The summed E-state index contributed by atoms with van der Waals surface area (Å²) in [5, 5.41) is 1.68. The van der Waals surface area contributed by atoms with Crippen molar-refractivity contribution in [2.24, 2.45) is 5.84 Å². The molecule has 0 amide bonds. The lowest BCUT2D eigenvalue weighted by molar-refractivity contribution is 0.272. The van der Waals surface area contributed by atoms with E-state index < -0.39 is 11.0 Å². The van der Waals surface area contributed by atoms with Gasteiger partial charge in [-0.05, 0) is 68.1 Å². The largest absolute Gasteiger partial charge is 0.475 e. The molecule has 2 unspecified atom stereocenters. The monoisotopic (exact) mass is 499 g/mol. The number of nitrogen functional groups attached to an aromatic ring is 1. The van der Waals surface area contributed by atoms with Crippen molar-refractivity contribution in [1.29, 1.82) is 0 Å². The normalized spacial score (nSPS) is 17.0. The molecular weight excluding hydrogens is 466 g/mol. The van der Waals surface area contributed by atoms with Gasteiger partial charge in [-0.3, -0.25) is 0 Å². The van der Waals surface area contributed by atoms with Gasteiger partial charge in [-0.15, -0.1) is 11.3 Å². The first-order valence-corrected chi connectivity index (χ1v) is 13.5. The van der Waals surface area contributed by atoms with Gasteiger partial charge in [0.05, 0.1) is 11.4 Å². The zero-order valence-electron chi connectivity index (χ0n) is 20.2. The molecule has 0 spiro atoms. The molecule has 1 aromatic carbocycles. The average molecular weight is 500 g/mol. The number of hydrazine groups is 1. The van der Waals surface area contributed by atoms with Crippen LogP contribution in [0.5, 0.6) is 5.88 Å². The van der Waals surface area contributed by atoms with E-state index in [2.05, 4.69) is 37.9 Å². The summed E-state index contributed by atoms with van der Waals surface area (Å²) in [6.07, 6.45) is 2.63. The minimum atomic E-state index is -1.32. The number of hydrogen-bond donors (Lipinski definition) is 2. The number of nitrogens with zero attached hydrogens (tertiary/aromatic N) is 3. The van der Waals surface area contributed by atoms with Crippen LogP contribution in [0.3, 0.4) is 0 Å². The molecule has 4 N–H and O–H groups in total. The van der Waals surface area contributed by atoms with E-state index in [9.17, 15) is 4.21 Å². The first-order chi connectivity index (χ1) is 16.3. The number of anilines is 2. The summed E-state index contributed by atoms with van der Waals surface area (Å²) in [6.45, 7) is 10.8. The van der Waals surface area contributed by atoms with Crippen molar-refractivity contribution in [1.82, 2.24) is 9.29 Å². The molecule has 0 radical (unpaired) electrons. The van der Waals surface area contributed by atoms with Crippen LogP contribution in [0.25, 0.3) is 0 Å². The van der Waals surface area contributed by atoms with Crippen molar-refractivity contribution >= 4 is 33.7 Å². The second-order valence-corrected chi connectivity index (χ2v) is 11.2. The molecule has 4 rings (SSSR count). The van der Waals surface area contributed by atoms with Gasteiger partial charge in [0.15, 0.2) is 0 Å². The molecule has 3 aromatic rings.